The summed E-state index contributed by atoms with van der Waals surface area (Å²) in [5.74, 6) is 0.539. The fourth-order valence-electron chi connectivity index (χ4n) is 2.34. The number of nitrogens with zero attached hydrogens (tertiary/aromatic N) is 4. The lowest BCUT2D eigenvalue weighted by Gasteiger charge is -2.22. The Labute approximate surface area is 133 Å². The molecule has 0 saturated carbocycles. The lowest BCUT2D eigenvalue weighted by atomic mass is 10.1. The van der Waals surface area contributed by atoms with Crippen molar-refractivity contribution in [1.29, 1.82) is 0 Å². The summed E-state index contributed by atoms with van der Waals surface area (Å²) >= 11 is 9.32. The lowest BCUT2D eigenvalue weighted by molar-refractivity contribution is 0.183. The summed E-state index contributed by atoms with van der Waals surface area (Å²) < 4.78 is 7.41. The lowest BCUT2D eigenvalue weighted by Crippen LogP contribution is -2.36. The van der Waals surface area contributed by atoms with E-state index in [4.69, 9.17) is 16.3 Å². The third kappa shape index (κ3) is 2.83. The minimum atomic E-state index is -1.06. The van der Waals surface area contributed by atoms with Crippen LogP contribution in [-0.2, 0) is 4.74 Å². The second-order valence-electron chi connectivity index (χ2n) is 4.79. The number of fused-ring (bicyclic) bond motifs is 1. The fourth-order valence-corrected chi connectivity index (χ4v) is 2.86. The first kappa shape index (κ1) is 14.6. The van der Waals surface area contributed by atoms with Gasteiger partial charge in [0, 0.05) is 25.1 Å². The Hall–Kier alpha value is -1.38. The summed E-state index contributed by atoms with van der Waals surface area (Å²) in [6.45, 7) is 1.56. The van der Waals surface area contributed by atoms with Gasteiger partial charge in [-0.1, -0.05) is 11.6 Å². The number of halogens is 2. The minimum Gasteiger partial charge on any atom is -0.465 e. The van der Waals surface area contributed by atoms with Crippen molar-refractivity contribution < 1.29 is 14.6 Å². The molecule has 1 saturated heterocycles. The molecule has 0 aromatic carbocycles. The molecular weight excluding hydrogens is 364 g/mol. The number of carboxylic acid groups (broad SMARTS) is 1. The van der Waals surface area contributed by atoms with E-state index in [2.05, 4.69) is 26.0 Å². The van der Waals surface area contributed by atoms with E-state index >= 15 is 0 Å². The van der Waals surface area contributed by atoms with E-state index in [9.17, 15) is 9.90 Å². The zero-order chi connectivity index (χ0) is 15.0. The molecule has 7 nitrogen and oxygen atoms in total. The van der Waals surface area contributed by atoms with E-state index in [1.54, 1.807) is 6.20 Å². The molecule has 112 valence electrons. The summed E-state index contributed by atoms with van der Waals surface area (Å²) in [6.07, 6.45) is 1.34. The molecule has 2 aromatic rings. The predicted molar refractivity (Wildman–Crippen MR) is 80.0 cm³/mol. The Bertz CT molecular complexity index is 686. The van der Waals surface area contributed by atoms with Crippen LogP contribution >= 0.6 is 27.5 Å². The predicted octanol–water partition coefficient (Wildman–Crippen LogP) is 2.67. The molecule has 1 atom stereocenters. The van der Waals surface area contributed by atoms with Gasteiger partial charge in [0.25, 0.3) is 0 Å². The third-order valence-electron chi connectivity index (χ3n) is 3.35. The maximum Gasteiger partial charge on any atom is 0.413 e. The average Bonchev–Trinajstić information content (AvgIpc) is 3.06. The molecule has 1 aliphatic rings. The maximum atomic E-state index is 11.6. The summed E-state index contributed by atoms with van der Waals surface area (Å²) in [7, 11) is 0. The van der Waals surface area contributed by atoms with E-state index in [-0.39, 0.29) is 11.1 Å². The van der Waals surface area contributed by atoms with Crippen molar-refractivity contribution in [3.63, 3.8) is 0 Å². The molecule has 1 fully saturated rings. The van der Waals surface area contributed by atoms with Crippen LogP contribution in [0, 0.1) is 5.92 Å². The molecule has 0 radical (unpaired) electrons. The summed E-state index contributed by atoms with van der Waals surface area (Å²) in [5.41, 5.74) is 0.478. The molecule has 0 aliphatic carbocycles. The maximum absolute atomic E-state index is 11.6. The molecule has 3 heterocycles. The van der Waals surface area contributed by atoms with Gasteiger partial charge in [-0.25, -0.2) is 9.78 Å². The van der Waals surface area contributed by atoms with Crippen LogP contribution in [0.5, 0.6) is 0 Å². The average molecular weight is 376 g/mol. The Kier molecular flexibility index (Phi) is 4.01. The quantitative estimate of drug-likeness (QED) is 0.834. The second kappa shape index (κ2) is 5.78. The normalized spacial score (nSPS) is 18.3. The smallest absolute Gasteiger partial charge is 0.413 e. The zero-order valence-electron chi connectivity index (χ0n) is 10.9. The molecule has 3 rings (SSSR count). The largest absolute Gasteiger partial charge is 0.465 e. The zero-order valence-corrected chi connectivity index (χ0v) is 13.2. The van der Waals surface area contributed by atoms with Gasteiger partial charge in [0.15, 0.2) is 5.65 Å². The van der Waals surface area contributed by atoms with Crippen molar-refractivity contribution in [3.05, 3.63) is 21.9 Å². The van der Waals surface area contributed by atoms with Gasteiger partial charge in [0.1, 0.15) is 11.0 Å². The van der Waals surface area contributed by atoms with Crippen molar-refractivity contribution in [2.45, 2.75) is 6.42 Å². The number of amides is 1. The van der Waals surface area contributed by atoms with E-state index in [1.165, 1.54) is 15.5 Å². The van der Waals surface area contributed by atoms with Gasteiger partial charge in [-0.05, 0) is 22.4 Å². The highest BCUT2D eigenvalue weighted by Crippen LogP contribution is 2.26. The molecule has 21 heavy (non-hydrogen) atoms. The highest BCUT2D eigenvalue weighted by molar-refractivity contribution is 9.10. The number of hydrogen-bond donors (Lipinski definition) is 1. The van der Waals surface area contributed by atoms with Gasteiger partial charge in [0.2, 0.25) is 0 Å². The van der Waals surface area contributed by atoms with Crippen molar-refractivity contribution in [1.82, 2.24) is 14.6 Å². The molecule has 0 bridgehead atoms. The first-order valence-corrected chi connectivity index (χ1v) is 7.51. The van der Waals surface area contributed by atoms with Crippen molar-refractivity contribution in [3.8, 4) is 0 Å². The second-order valence-corrected chi connectivity index (χ2v) is 6.03. The molecule has 1 unspecified atom stereocenters. The van der Waals surface area contributed by atoms with Crippen LogP contribution in [0.25, 0.3) is 5.65 Å². The van der Waals surface area contributed by atoms with Crippen LogP contribution in [0.15, 0.2) is 16.7 Å². The summed E-state index contributed by atoms with van der Waals surface area (Å²) in [5, 5.41) is 13.9. The molecular formula is C12H12BrClN4O3. The van der Waals surface area contributed by atoms with Crippen LogP contribution in [0.2, 0.25) is 5.15 Å². The summed E-state index contributed by atoms with van der Waals surface area (Å²) in [6, 6.07) is 1.50. The highest BCUT2D eigenvalue weighted by Gasteiger charge is 2.26. The molecule has 1 aliphatic heterocycles. The molecule has 1 amide bonds. The van der Waals surface area contributed by atoms with E-state index < -0.39 is 6.09 Å². The van der Waals surface area contributed by atoms with Gasteiger partial charge in [-0.15, -0.1) is 0 Å². The van der Waals surface area contributed by atoms with Crippen molar-refractivity contribution in [2.24, 2.45) is 5.92 Å². The van der Waals surface area contributed by atoms with Crippen molar-refractivity contribution >= 4 is 45.1 Å². The molecule has 1 N–H and O–H groups in total. The Balaban J connectivity index is 2.04. The van der Waals surface area contributed by atoms with Crippen LogP contribution in [0.3, 0.4) is 0 Å². The van der Waals surface area contributed by atoms with E-state index in [0.29, 0.717) is 35.7 Å². The van der Waals surface area contributed by atoms with Gasteiger partial charge >= 0.3 is 6.09 Å². The van der Waals surface area contributed by atoms with E-state index in [0.717, 1.165) is 6.42 Å². The van der Waals surface area contributed by atoms with Crippen LogP contribution < -0.4 is 4.90 Å². The topological polar surface area (TPSA) is 80.0 Å². The number of anilines is 1. The molecule has 0 spiro atoms. The highest BCUT2D eigenvalue weighted by atomic mass is 79.9. The number of rotatable bonds is 3. The van der Waals surface area contributed by atoms with Gasteiger partial charge in [-0.2, -0.15) is 9.61 Å². The first-order valence-electron chi connectivity index (χ1n) is 6.34. The number of ether oxygens (including phenoxy) is 1. The minimum absolute atomic E-state index is 0.169. The van der Waals surface area contributed by atoms with Crippen LogP contribution in [0.1, 0.15) is 6.42 Å². The van der Waals surface area contributed by atoms with E-state index in [1.807, 2.05) is 0 Å². The van der Waals surface area contributed by atoms with Gasteiger partial charge < -0.3 is 9.84 Å². The Morgan fingerprint density at radius 1 is 1.67 bits per heavy atom. The Morgan fingerprint density at radius 3 is 3.14 bits per heavy atom. The van der Waals surface area contributed by atoms with Gasteiger partial charge in [-0.3, -0.25) is 4.90 Å². The third-order valence-corrected chi connectivity index (χ3v) is 4.10. The fraction of sp³-hybridized carbons (Fsp3) is 0.417. The standard InChI is InChI=1S/C12H12BrClN4O3/c13-8-4-15-18-10(3-9(14)16-11(8)18)17(12(19)20)5-7-1-2-21-6-7/h3-4,7H,1-2,5-6H2,(H,19,20). The monoisotopic (exact) mass is 374 g/mol. The van der Waals surface area contributed by atoms with Crippen LogP contribution in [0.4, 0.5) is 10.6 Å². The Morgan fingerprint density at radius 2 is 2.48 bits per heavy atom. The van der Waals surface area contributed by atoms with Crippen molar-refractivity contribution in [2.75, 3.05) is 24.7 Å². The molecule has 9 heteroatoms. The number of carbonyl (C=O) groups is 1. The van der Waals surface area contributed by atoms with Crippen LogP contribution in [-0.4, -0.2) is 45.6 Å². The number of aromatic nitrogens is 3. The van der Waals surface area contributed by atoms with Gasteiger partial charge in [0.05, 0.1) is 17.3 Å². The number of hydrogen-bond acceptors (Lipinski definition) is 4. The molecule has 2 aromatic heterocycles. The first-order chi connectivity index (χ1) is 10.1. The summed E-state index contributed by atoms with van der Waals surface area (Å²) in [4.78, 5) is 17.0. The SMILES string of the molecule is O=C(O)N(CC1CCOC1)c1cc(Cl)nc2c(Br)cnn12.